The molecule has 2 aromatic rings. The Hall–Kier alpha value is -2.28. The average molecular weight is 300 g/mol. The van der Waals surface area contributed by atoms with Crippen LogP contribution in [0.3, 0.4) is 0 Å². The van der Waals surface area contributed by atoms with Gasteiger partial charge in [0.1, 0.15) is 10.9 Å². The fraction of sp³-hybridized carbons (Fsp3) is 0.0833. The molecule has 2 rings (SSSR count). The van der Waals surface area contributed by atoms with Crippen molar-refractivity contribution in [1.29, 1.82) is 0 Å². The highest BCUT2D eigenvalue weighted by atomic mass is 35.5. The van der Waals surface area contributed by atoms with Gasteiger partial charge in [-0.15, -0.1) is 0 Å². The molecule has 0 radical (unpaired) electrons. The second-order valence-corrected chi connectivity index (χ2v) is 3.97. The molecule has 1 heterocycles. The molecule has 0 aliphatic rings. The van der Waals surface area contributed by atoms with Gasteiger partial charge in [-0.2, -0.15) is 8.78 Å². The molecular weight excluding hydrogens is 292 g/mol. The topological polar surface area (TPSA) is 64.1 Å². The Balaban J connectivity index is 2.03. The summed E-state index contributed by atoms with van der Waals surface area (Å²) in [6.07, 6.45) is 2.59. The molecule has 0 fully saturated rings. The Labute approximate surface area is 117 Å². The lowest BCUT2D eigenvalue weighted by atomic mass is 10.2. The molecular formula is C12H8ClF2N3O2. The fourth-order valence-corrected chi connectivity index (χ4v) is 1.45. The van der Waals surface area contributed by atoms with Gasteiger partial charge in [0.25, 0.3) is 5.91 Å². The SMILES string of the molecule is O=C(Nc1cnc(Cl)cn1)c1ccc(OC(F)F)cc1. The molecule has 1 aromatic heterocycles. The van der Waals surface area contributed by atoms with Crippen LogP contribution in [-0.2, 0) is 0 Å². The highest BCUT2D eigenvalue weighted by Crippen LogP contribution is 2.15. The molecule has 1 aromatic carbocycles. The van der Waals surface area contributed by atoms with Gasteiger partial charge in [-0.05, 0) is 24.3 Å². The molecule has 1 N–H and O–H groups in total. The van der Waals surface area contributed by atoms with Crippen molar-refractivity contribution in [2.45, 2.75) is 6.61 Å². The number of halogens is 3. The van der Waals surface area contributed by atoms with E-state index in [1.165, 1.54) is 36.7 Å². The van der Waals surface area contributed by atoms with E-state index in [1.54, 1.807) is 0 Å². The molecule has 5 nitrogen and oxygen atoms in total. The normalized spacial score (nSPS) is 10.4. The number of carbonyl (C=O) groups is 1. The van der Waals surface area contributed by atoms with Crippen molar-refractivity contribution >= 4 is 23.3 Å². The van der Waals surface area contributed by atoms with Crippen LogP contribution in [0.5, 0.6) is 5.75 Å². The van der Waals surface area contributed by atoms with Gasteiger partial charge in [0.2, 0.25) is 0 Å². The molecule has 0 aliphatic heterocycles. The number of hydrogen-bond donors (Lipinski definition) is 1. The van der Waals surface area contributed by atoms with Gasteiger partial charge in [-0.25, -0.2) is 9.97 Å². The van der Waals surface area contributed by atoms with Gasteiger partial charge in [-0.3, -0.25) is 4.79 Å². The second kappa shape index (κ2) is 6.25. The first-order valence-electron chi connectivity index (χ1n) is 5.38. The summed E-state index contributed by atoms with van der Waals surface area (Å²) in [7, 11) is 0. The van der Waals surface area contributed by atoms with E-state index in [4.69, 9.17) is 11.6 Å². The van der Waals surface area contributed by atoms with Gasteiger partial charge in [0, 0.05) is 5.56 Å². The molecule has 0 unspecified atom stereocenters. The molecule has 1 amide bonds. The molecule has 0 saturated carbocycles. The van der Waals surface area contributed by atoms with Crippen molar-refractivity contribution in [2.24, 2.45) is 0 Å². The van der Waals surface area contributed by atoms with E-state index < -0.39 is 12.5 Å². The van der Waals surface area contributed by atoms with Crippen LogP contribution in [0.1, 0.15) is 10.4 Å². The van der Waals surface area contributed by atoms with Crippen molar-refractivity contribution in [3.05, 3.63) is 47.4 Å². The average Bonchev–Trinajstić information content (AvgIpc) is 2.41. The second-order valence-electron chi connectivity index (χ2n) is 3.58. The summed E-state index contributed by atoms with van der Waals surface area (Å²) >= 11 is 5.56. The molecule has 0 saturated heterocycles. The summed E-state index contributed by atoms with van der Waals surface area (Å²) < 4.78 is 28.1. The Morgan fingerprint density at radius 1 is 1.20 bits per heavy atom. The van der Waals surface area contributed by atoms with Crippen LogP contribution < -0.4 is 10.1 Å². The first-order valence-corrected chi connectivity index (χ1v) is 5.76. The largest absolute Gasteiger partial charge is 0.435 e. The Morgan fingerprint density at radius 3 is 2.45 bits per heavy atom. The number of benzene rings is 1. The van der Waals surface area contributed by atoms with E-state index in [1.807, 2.05) is 0 Å². The van der Waals surface area contributed by atoms with Crippen LogP contribution >= 0.6 is 11.6 Å². The summed E-state index contributed by atoms with van der Waals surface area (Å²) in [6.45, 7) is -2.90. The Morgan fingerprint density at radius 2 is 1.90 bits per heavy atom. The lowest BCUT2D eigenvalue weighted by molar-refractivity contribution is -0.0498. The smallest absolute Gasteiger partial charge is 0.387 e. The Bertz CT molecular complexity index is 591. The minimum atomic E-state index is -2.90. The third-order valence-corrected chi connectivity index (χ3v) is 2.40. The number of carbonyl (C=O) groups excluding carboxylic acids is 1. The van der Waals surface area contributed by atoms with Gasteiger partial charge in [-0.1, -0.05) is 11.6 Å². The molecule has 20 heavy (non-hydrogen) atoms. The van der Waals surface area contributed by atoms with E-state index in [2.05, 4.69) is 20.0 Å². The predicted octanol–water partition coefficient (Wildman–Crippen LogP) is 2.98. The van der Waals surface area contributed by atoms with Crippen LogP contribution in [0.15, 0.2) is 36.7 Å². The van der Waals surface area contributed by atoms with Crippen LogP contribution in [0.2, 0.25) is 5.15 Å². The predicted molar refractivity (Wildman–Crippen MR) is 68.1 cm³/mol. The maximum Gasteiger partial charge on any atom is 0.387 e. The van der Waals surface area contributed by atoms with Crippen LogP contribution in [0.4, 0.5) is 14.6 Å². The van der Waals surface area contributed by atoms with Crippen LogP contribution in [0.25, 0.3) is 0 Å². The fourth-order valence-electron chi connectivity index (χ4n) is 1.35. The van der Waals surface area contributed by atoms with Gasteiger partial charge >= 0.3 is 6.61 Å². The van der Waals surface area contributed by atoms with Crippen molar-refractivity contribution in [1.82, 2.24) is 9.97 Å². The van der Waals surface area contributed by atoms with Gasteiger partial charge in [0.05, 0.1) is 12.4 Å². The highest BCUT2D eigenvalue weighted by Gasteiger charge is 2.09. The van der Waals surface area contributed by atoms with Gasteiger partial charge in [0.15, 0.2) is 5.82 Å². The van der Waals surface area contributed by atoms with Crippen molar-refractivity contribution in [3.63, 3.8) is 0 Å². The lowest BCUT2D eigenvalue weighted by Gasteiger charge is -2.06. The highest BCUT2D eigenvalue weighted by molar-refractivity contribution is 6.29. The van der Waals surface area contributed by atoms with Crippen molar-refractivity contribution in [2.75, 3.05) is 5.32 Å². The van der Waals surface area contributed by atoms with Crippen LogP contribution in [-0.4, -0.2) is 22.5 Å². The molecule has 8 heteroatoms. The van der Waals surface area contributed by atoms with E-state index in [-0.39, 0.29) is 22.3 Å². The van der Waals surface area contributed by atoms with Crippen LogP contribution in [0, 0.1) is 0 Å². The number of hydrogen-bond acceptors (Lipinski definition) is 4. The molecule has 0 spiro atoms. The van der Waals surface area contributed by atoms with E-state index in [0.29, 0.717) is 0 Å². The number of anilines is 1. The lowest BCUT2D eigenvalue weighted by Crippen LogP contribution is -2.13. The number of aromatic nitrogens is 2. The zero-order valence-electron chi connectivity index (χ0n) is 9.89. The Kier molecular flexibility index (Phi) is 4.41. The number of amides is 1. The van der Waals surface area contributed by atoms with Crippen molar-refractivity contribution < 1.29 is 18.3 Å². The number of nitrogens with one attached hydrogen (secondary N) is 1. The third kappa shape index (κ3) is 3.86. The number of alkyl halides is 2. The molecule has 0 atom stereocenters. The zero-order valence-corrected chi connectivity index (χ0v) is 10.6. The molecule has 104 valence electrons. The van der Waals surface area contributed by atoms with E-state index in [9.17, 15) is 13.6 Å². The quantitative estimate of drug-likeness (QED) is 0.942. The summed E-state index contributed by atoms with van der Waals surface area (Å²) in [6, 6.07) is 5.26. The van der Waals surface area contributed by atoms with E-state index in [0.717, 1.165) is 0 Å². The summed E-state index contributed by atoms with van der Waals surface area (Å²) in [5.74, 6) is -0.250. The number of rotatable bonds is 4. The summed E-state index contributed by atoms with van der Waals surface area (Å²) in [4.78, 5) is 19.4. The number of ether oxygens (including phenoxy) is 1. The van der Waals surface area contributed by atoms with E-state index >= 15 is 0 Å². The first-order chi connectivity index (χ1) is 9.54. The molecule has 0 aliphatic carbocycles. The third-order valence-electron chi connectivity index (χ3n) is 2.20. The first kappa shape index (κ1) is 14.1. The van der Waals surface area contributed by atoms with Crippen molar-refractivity contribution in [3.8, 4) is 5.75 Å². The monoisotopic (exact) mass is 299 g/mol. The molecule has 0 bridgehead atoms. The maximum atomic E-state index is 12.0. The summed E-state index contributed by atoms with van der Waals surface area (Å²) in [5, 5.41) is 2.69. The standard InChI is InChI=1S/C12H8ClF2N3O2/c13-9-5-17-10(6-16-9)18-11(19)7-1-3-8(4-2-7)20-12(14)15/h1-6,12H,(H,17,18,19). The zero-order chi connectivity index (χ0) is 14.5. The van der Waals surface area contributed by atoms with Gasteiger partial charge < -0.3 is 10.1 Å². The minimum Gasteiger partial charge on any atom is -0.435 e. The number of nitrogens with zero attached hydrogens (tertiary/aromatic N) is 2. The summed E-state index contributed by atoms with van der Waals surface area (Å²) in [5.41, 5.74) is 0.267. The maximum absolute atomic E-state index is 12.0. The minimum absolute atomic E-state index is 0.0252.